The molecular weight excluding hydrogens is 226 g/mol. The van der Waals surface area contributed by atoms with E-state index in [1.807, 2.05) is 6.92 Å². The molecule has 1 amide bonds. The van der Waals surface area contributed by atoms with Crippen LogP contribution in [0.1, 0.15) is 46.5 Å². The molecular formula is C14H27N3O. The number of rotatable bonds is 4. The number of nitrogens with one attached hydrogen (secondary N) is 1. The molecule has 2 aliphatic rings. The first-order valence-electron chi connectivity index (χ1n) is 7.48. The largest absolute Gasteiger partial charge is 0.323 e. The summed E-state index contributed by atoms with van der Waals surface area (Å²) in [6, 6.07) is 0.455. The second kappa shape index (κ2) is 6.02. The van der Waals surface area contributed by atoms with Gasteiger partial charge >= 0.3 is 0 Å². The Balaban J connectivity index is 1.93. The minimum absolute atomic E-state index is 0.00335. The minimum Gasteiger partial charge on any atom is -0.323 e. The monoisotopic (exact) mass is 253 g/mol. The van der Waals surface area contributed by atoms with E-state index in [0.717, 1.165) is 32.4 Å². The van der Waals surface area contributed by atoms with Crippen LogP contribution in [0.3, 0.4) is 0 Å². The normalized spacial score (nSPS) is 31.3. The zero-order chi connectivity index (χ0) is 13.1. The second-order valence-electron chi connectivity index (χ2n) is 5.63. The summed E-state index contributed by atoms with van der Waals surface area (Å²) in [6.45, 7) is 9.86. The fourth-order valence-corrected chi connectivity index (χ4v) is 3.30. The van der Waals surface area contributed by atoms with Gasteiger partial charge in [-0.15, -0.1) is 0 Å². The molecule has 2 saturated heterocycles. The summed E-state index contributed by atoms with van der Waals surface area (Å²) >= 11 is 0. The molecule has 2 aliphatic heterocycles. The number of amides is 1. The predicted octanol–water partition coefficient (Wildman–Crippen LogP) is 1.42. The first-order valence-corrected chi connectivity index (χ1v) is 7.48. The molecule has 0 aromatic carbocycles. The molecule has 2 atom stereocenters. The van der Waals surface area contributed by atoms with Gasteiger partial charge < -0.3 is 9.80 Å². The minimum atomic E-state index is 0.00335. The lowest BCUT2D eigenvalue weighted by molar-refractivity contribution is -0.133. The Labute approximate surface area is 111 Å². The molecule has 4 nitrogen and oxygen atoms in total. The van der Waals surface area contributed by atoms with E-state index in [1.54, 1.807) is 0 Å². The van der Waals surface area contributed by atoms with Crippen molar-refractivity contribution >= 4 is 5.91 Å². The number of likely N-dealkylation sites (tertiary alicyclic amines) is 1. The maximum atomic E-state index is 12.2. The van der Waals surface area contributed by atoms with Crippen LogP contribution in [0.25, 0.3) is 0 Å². The zero-order valence-corrected chi connectivity index (χ0v) is 12.0. The van der Waals surface area contributed by atoms with Crippen LogP contribution in [0.5, 0.6) is 0 Å². The third-order valence-electron chi connectivity index (χ3n) is 4.28. The van der Waals surface area contributed by atoms with Gasteiger partial charge in [-0.2, -0.15) is 0 Å². The molecule has 0 aromatic heterocycles. The van der Waals surface area contributed by atoms with Gasteiger partial charge in [0.05, 0.1) is 12.2 Å². The molecule has 0 spiro atoms. The summed E-state index contributed by atoms with van der Waals surface area (Å²) in [5, 5.41) is 3.40. The Hall–Kier alpha value is -0.610. The Morgan fingerprint density at radius 2 is 1.94 bits per heavy atom. The lowest BCUT2D eigenvalue weighted by Gasteiger charge is -2.38. The predicted molar refractivity (Wildman–Crippen MR) is 73.3 cm³/mol. The molecule has 2 rings (SSSR count). The molecule has 2 fully saturated rings. The summed E-state index contributed by atoms with van der Waals surface area (Å²) in [4.78, 5) is 16.9. The Kier molecular flexibility index (Phi) is 4.62. The highest BCUT2D eigenvalue weighted by molar-refractivity contribution is 5.84. The first-order chi connectivity index (χ1) is 8.67. The third kappa shape index (κ3) is 2.69. The van der Waals surface area contributed by atoms with Gasteiger partial charge in [0, 0.05) is 19.1 Å². The first kappa shape index (κ1) is 13.8. The molecule has 0 bridgehead atoms. The Bertz CT molecular complexity index is 287. The second-order valence-corrected chi connectivity index (χ2v) is 5.63. The number of piperidine rings is 1. The lowest BCUT2D eigenvalue weighted by Crippen LogP contribution is -2.49. The summed E-state index contributed by atoms with van der Waals surface area (Å²) in [5.41, 5.74) is 0. The Morgan fingerprint density at radius 1 is 1.28 bits per heavy atom. The highest BCUT2D eigenvalue weighted by Crippen LogP contribution is 2.24. The van der Waals surface area contributed by atoms with E-state index >= 15 is 0 Å². The Morgan fingerprint density at radius 3 is 2.50 bits per heavy atom. The van der Waals surface area contributed by atoms with Gasteiger partial charge in [0.15, 0.2) is 0 Å². The van der Waals surface area contributed by atoms with Crippen LogP contribution in [0.15, 0.2) is 0 Å². The molecule has 1 N–H and O–H groups in total. The molecule has 104 valence electrons. The molecule has 2 heterocycles. The van der Waals surface area contributed by atoms with Crippen LogP contribution in [0, 0.1) is 0 Å². The van der Waals surface area contributed by atoms with Crippen molar-refractivity contribution in [3.05, 3.63) is 0 Å². The summed E-state index contributed by atoms with van der Waals surface area (Å²) in [7, 11) is 0. The number of carbonyl (C=O) groups excluding carboxylic acids is 1. The number of hydrogen-bond acceptors (Lipinski definition) is 3. The van der Waals surface area contributed by atoms with Crippen LogP contribution >= 0.6 is 0 Å². The van der Waals surface area contributed by atoms with E-state index in [2.05, 4.69) is 29.0 Å². The topological polar surface area (TPSA) is 35.6 Å². The molecule has 0 aromatic rings. The number of carbonyl (C=O) groups is 1. The quantitative estimate of drug-likeness (QED) is 0.823. The molecule has 4 heteroatoms. The van der Waals surface area contributed by atoms with Crippen molar-refractivity contribution in [1.82, 2.24) is 15.1 Å². The standard InChI is InChI=1S/C14H27N3O/c1-4-8-16-9-6-12(7-10-16)17-13(5-2)15-11(3)14(17)18/h11-13,15H,4-10H2,1-3H3. The van der Waals surface area contributed by atoms with Crippen LogP contribution in [-0.2, 0) is 4.79 Å². The van der Waals surface area contributed by atoms with Gasteiger partial charge in [0.2, 0.25) is 5.91 Å². The van der Waals surface area contributed by atoms with E-state index in [-0.39, 0.29) is 12.2 Å². The number of nitrogens with zero attached hydrogens (tertiary/aromatic N) is 2. The fourth-order valence-electron chi connectivity index (χ4n) is 3.30. The van der Waals surface area contributed by atoms with E-state index < -0.39 is 0 Å². The molecule has 0 saturated carbocycles. The average molecular weight is 253 g/mol. The average Bonchev–Trinajstić information content (AvgIpc) is 2.67. The number of hydrogen-bond donors (Lipinski definition) is 1. The van der Waals surface area contributed by atoms with Gasteiger partial charge in [0.25, 0.3) is 0 Å². The fraction of sp³-hybridized carbons (Fsp3) is 0.929. The van der Waals surface area contributed by atoms with Gasteiger partial charge in [0.1, 0.15) is 0 Å². The van der Waals surface area contributed by atoms with Crippen LogP contribution in [-0.4, -0.2) is 53.6 Å². The van der Waals surface area contributed by atoms with Crippen LogP contribution in [0.4, 0.5) is 0 Å². The molecule has 0 aliphatic carbocycles. The van der Waals surface area contributed by atoms with Gasteiger partial charge in [-0.3, -0.25) is 10.1 Å². The van der Waals surface area contributed by atoms with Crippen LogP contribution < -0.4 is 5.32 Å². The van der Waals surface area contributed by atoms with Crippen molar-refractivity contribution in [2.24, 2.45) is 0 Å². The van der Waals surface area contributed by atoms with Crippen molar-refractivity contribution in [3.8, 4) is 0 Å². The van der Waals surface area contributed by atoms with Crippen molar-refractivity contribution in [3.63, 3.8) is 0 Å². The SMILES string of the molecule is CCCN1CCC(N2C(=O)C(C)NC2CC)CC1. The van der Waals surface area contributed by atoms with Crippen molar-refractivity contribution in [1.29, 1.82) is 0 Å². The van der Waals surface area contributed by atoms with E-state index in [0.29, 0.717) is 11.9 Å². The van der Waals surface area contributed by atoms with Gasteiger partial charge in [-0.25, -0.2) is 0 Å². The summed E-state index contributed by atoms with van der Waals surface area (Å²) in [6.07, 6.45) is 4.76. The molecule has 18 heavy (non-hydrogen) atoms. The maximum Gasteiger partial charge on any atom is 0.240 e. The van der Waals surface area contributed by atoms with Crippen LogP contribution in [0.2, 0.25) is 0 Å². The highest BCUT2D eigenvalue weighted by Gasteiger charge is 2.40. The summed E-state index contributed by atoms with van der Waals surface area (Å²) in [5.74, 6) is 0.302. The maximum absolute atomic E-state index is 12.2. The molecule has 2 unspecified atom stereocenters. The van der Waals surface area contributed by atoms with Gasteiger partial charge in [-0.05, 0) is 39.2 Å². The van der Waals surface area contributed by atoms with Crippen molar-refractivity contribution in [2.45, 2.75) is 64.7 Å². The third-order valence-corrected chi connectivity index (χ3v) is 4.28. The van der Waals surface area contributed by atoms with Gasteiger partial charge in [-0.1, -0.05) is 13.8 Å². The smallest absolute Gasteiger partial charge is 0.240 e. The molecule has 0 radical (unpaired) electrons. The lowest BCUT2D eigenvalue weighted by atomic mass is 10.0. The summed E-state index contributed by atoms with van der Waals surface area (Å²) < 4.78 is 0. The van der Waals surface area contributed by atoms with Crippen molar-refractivity contribution < 1.29 is 4.79 Å². The van der Waals surface area contributed by atoms with Crippen molar-refractivity contribution in [2.75, 3.05) is 19.6 Å². The van der Waals surface area contributed by atoms with E-state index in [1.165, 1.54) is 13.0 Å². The zero-order valence-electron chi connectivity index (χ0n) is 12.0. The van der Waals surface area contributed by atoms with E-state index in [4.69, 9.17) is 0 Å². The van der Waals surface area contributed by atoms with E-state index in [9.17, 15) is 4.79 Å². The highest BCUT2D eigenvalue weighted by atomic mass is 16.2.